The normalized spacial score (nSPS) is 15.3. The Labute approximate surface area is 188 Å². The number of aromatic amines is 1. The number of halogens is 2. The van der Waals surface area contributed by atoms with Gasteiger partial charge in [-0.1, -0.05) is 23.2 Å². The fourth-order valence-corrected chi connectivity index (χ4v) is 3.86. The Morgan fingerprint density at radius 3 is 2.90 bits per heavy atom. The zero-order valence-electron chi connectivity index (χ0n) is 16.7. The SMILES string of the molecule is COCC(NC(=O)c1ccc(N2CCOCC2=O)c(Cl)c1)c1nc2ccc(Cl)cc2[nH]1. The molecule has 2 heterocycles. The van der Waals surface area contributed by atoms with Crippen LogP contribution in [0.2, 0.25) is 10.0 Å². The molecule has 8 nitrogen and oxygen atoms in total. The number of benzene rings is 2. The predicted molar refractivity (Wildman–Crippen MR) is 118 cm³/mol. The Morgan fingerprint density at radius 2 is 2.16 bits per heavy atom. The van der Waals surface area contributed by atoms with E-state index in [-0.39, 0.29) is 25.0 Å². The molecule has 31 heavy (non-hydrogen) atoms. The lowest BCUT2D eigenvalue weighted by atomic mass is 10.1. The van der Waals surface area contributed by atoms with E-state index in [9.17, 15) is 9.59 Å². The monoisotopic (exact) mass is 462 g/mol. The number of nitrogens with zero attached hydrogens (tertiary/aromatic N) is 2. The molecule has 4 rings (SSSR count). The third-order valence-electron chi connectivity index (χ3n) is 4.92. The second kappa shape index (κ2) is 9.23. The number of aromatic nitrogens is 2. The van der Waals surface area contributed by atoms with Crippen LogP contribution in [0.4, 0.5) is 5.69 Å². The number of hydrogen-bond donors (Lipinski definition) is 2. The highest BCUT2D eigenvalue weighted by Gasteiger charge is 2.24. The van der Waals surface area contributed by atoms with Crippen LogP contribution in [0.5, 0.6) is 0 Å². The zero-order valence-corrected chi connectivity index (χ0v) is 18.2. The Hall–Kier alpha value is -2.65. The summed E-state index contributed by atoms with van der Waals surface area (Å²) in [5.41, 5.74) is 2.40. The molecule has 1 aliphatic heterocycles. The van der Waals surface area contributed by atoms with Gasteiger partial charge >= 0.3 is 0 Å². The van der Waals surface area contributed by atoms with Crippen molar-refractivity contribution in [2.24, 2.45) is 0 Å². The van der Waals surface area contributed by atoms with E-state index in [0.29, 0.717) is 40.3 Å². The summed E-state index contributed by atoms with van der Waals surface area (Å²) in [6.45, 7) is 1.08. The third kappa shape index (κ3) is 4.67. The lowest BCUT2D eigenvalue weighted by Gasteiger charge is -2.27. The molecule has 0 aliphatic carbocycles. The fourth-order valence-electron chi connectivity index (χ4n) is 3.40. The van der Waals surface area contributed by atoms with Crippen molar-refractivity contribution in [3.8, 4) is 0 Å². The van der Waals surface area contributed by atoms with Crippen molar-refractivity contribution >= 4 is 51.7 Å². The molecule has 2 amide bonds. The number of carbonyl (C=O) groups excluding carboxylic acids is 2. The third-order valence-corrected chi connectivity index (χ3v) is 5.46. The van der Waals surface area contributed by atoms with Crippen molar-refractivity contribution in [3.63, 3.8) is 0 Å². The second-order valence-electron chi connectivity index (χ2n) is 7.03. The number of amides is 2. The number of morpholine rings is 1. The first-order valence-electron chi connectivity index (χ1n) is 9.59. The van der Waals surface area contributed by atoms with Gasteiger partial charge in [0, 0.05) is 24.2 Å². The van der Waals surface area contributed by atoms with Gasteiger partial charge in [-0.25, -0.2) is 4.98 Å². The summed E-state index contributed by atoms with van der Waals surface area (Å²) in [6.07, 6.45) is 0. The van der Waals surface area contributed by atoms with Crippen LogP contribution in [0, 0.1) is 0 Å². The minimum Gasteiger partial charge on any atom is -0.382 e. The summed E-state index contributed by atoms with van der Waals surface area (Å²) in [6, 6.07) is 9.64. The van der Waals surface area contributed by atoms with E-state index in [2.05, 4.69) is 15.3 Å². The topological polar surface area (TPSA) is 96.6 Å². The summed E-state index contributed by atoms with van der Waals surface area (Å²) in [7, 11) is 1.55. The first-order chi connectivity index (χ1) is 15.0. The van der Waals surface area contributed by atoms with E-state index < -0.39 is 6.04 Å². The average Bonchev–Trinajstić information content (AvgIpc) is 3.17. The standard InChI is InChI=1S/C21H20Cl2N4O4/c1-30-10-17(20-24-15-4-3-13(22)9-16(15)25-20)26-21(29)12-2-5-18(14(23)8-12)27-6-7-31-11-19(27)28/h2-5,8-9,17H,6-7,10-11H2,1H3,(H,24,25)(H,26,29). The second-order valence-corrected chi connectivity index (χ2v) is 7.87. The number of nitrogens with one attached hydrogen (secondary N) is 2. The number of methoxy groups -OCH3 is 1. The van der Waals surface area contributed by atoms with Crippen LogP contribution in [0.15, 0.2) is 36.4 Å². The van der Waals surface area contributed by atoms with Crippen LogP contribution in [-0.4, -0.2) is 55.3 Å². The van der Waals surface area contributed by atoms with Gasteiger partial charge < -0.3 is 24.7 Å². The van der Waals surface area contributed by atoms with Crippen molar-refractivity contribution in [3.05, 3.63) is 57.8 Å². The lowest BCUT2D eigenvalue weighted by Crippen LogP contribution is -2.41. The van der Waals surface area contributed by atoms with Gasteiger partial charge in [-0.2, -0.15) is 0 Å². The van der Waals surface area contributed by atoms with Gasteiger partial charge in [-0.05, 0) is 36.4 Å². The molecule has 1 aromatic heterocycles. The van der Waals surface area contributed by atoms with Crippen LogP contribution >= 0.6 is 23.2 Å². The molecule has 1 saturated heterocycles. The maximum Gasteiger partial charge on any atom is 0.253 e. The van der Waals surface area contributed by atoms with Gasteiger partial charge in [0.25, 0.3) is 11.8 Å². The molecule has 2 aromatic carbocycles. The molecule has 2 N–H and O–H groups in total. The van der Waals surface area contributed by atoms with Gasteiger partial charge in [0.1, 0.15) is 18.5 Å². The van der Waals surface area contributed by atoms with Crippen LogP contribution in [-0.2, 0) is 14.3 Å². The van der Waals surface area contributed by atoms with Crippen LogP contribution < -0.4 is 10.2 Å². The molecule has 0 saturated carbocycles. The number of anilines is 1. The van der Waals surface area contributed by atoms with Gasteiger partial charge in [0.15, 0.2) is 0 Å². The van der Waals surface area contributed by atoms with E-state index in [0.717, 1.165) is 11.0 Å². The van der Waals surface area contributed by atoms with Gasteiger partial charge in [-0.3, -0.25) is 9.59 Å². The van der Waals surface area contributed by atoms with Crippen molar-refractivity contribution < 1.29 is 19.1 Å². The van der Waals surface area contributed by atoms with E-state index in [1.807, 2.05) is 0 Å². The lowest BCUT2D eigenvalue weighted by molar-refractivity contribution is -0.125. The number of rotatable bonds is 6. The molecular formula is C21H20Cl2N4O4. The minimum absolute atomic E-state index is 0.0139. The molecule has 0 radical (unpaired) electrons. The van der Waals surface area contributed by atoms with Crippen molar-refractivity contribution in [1.29, 1.82) is 0 Å². The highest BCUT2D eigenvalue weighted by atomic mass is 35.5. The number of imidazole rings is 1. The maximum atomic E-state index is 12.9. The summed E-state index contributed by atoms with van der Waals surface area (Å²) < 4.78 is 10.4. The Balaban J connectivity index is 1.54. The Morgan fingerprint density at radius 1 is 1.32 bits per heavy atom. The largest absolute Gasteiger partial charge is 0.382 e. The van der Waals surface area contributed by atoms with Crippen molar-refractivity contribution in [2.75, 3.05) is 38.4 Å². The number of carbonyl (C=O) groups is 2. The van der Waals surface area contributed by atoms with Gasteiger partial charge in [0.2, 0.25) is 0 Å². The van der Waals surface area contributed by atoms with Gasteiger partial charge in [-0.15, -0.1) is 0 Å². The zero-order chi connectivity index (χ0) is 22.0. The van der Waals surface area contributed by atoms with E-state index in [4.69, 9.17) is 32.7 Å². The highest BCUT2D eigenvalue weighted by Crippen LogP contribution is 2.28. The first kappa shape index (κ1) is 21.6. The quantitative estimate of drug-likeness (QED) is 0.585. The molecule has 162 valence electrons. The molecule has 3 aromatic rings. The number of ether oxygens (including phenoxy) is 2. The predicted octanol–water partition coefficient (Wildman–Crippen LogP) is 3.35. The maximum absolute atomic E-state index is 12.9. The van der Waals surface area contributed by atoms with Crippen molar-refractivity contribution in [2.45, 2.75) is 6.04 Å². The van der Waals surface area contributed by atoms with Crippen LogP contribution in [0.25, 0.3) is 11.0 Å². The van der Waals surface area contributed by atoms with Crippen LogP contribution in [0.3, 0.4) is 0 Å². The fraction of sp³-hybridized carbons (Fsp3) is 0.286. The van der Waals surface area contributed by atoms with Crippen molar-refractivity contribution in [1.82, 2.24) is 15.3 Å². The van der Waals surface area contributed by atoms with Gasteiger partial charge in [0.05, 0.1) is 35.0 Å². The molecule has 0 spiro atoms. The minimum atomic E-state index is -0.511. The smallest absolute Gasteiger partial charge is 0.253 e. The van der Waals surface area contributed by atoms with Crippen LogP contribution in [0.1, 0.15) is 22.2 Å². The highest BCUT2D eigenvalue weighted by molar-refractivity contribution is 6.34. The molecule has 1 atom stereocenters. The van der Waals surface area contributed by atoms with E-state index in [1.54, 1.807) is 42.3 Å². The molecule has 1 fully saturated rings. The summed E-state index contributed by atoms with van der Waals surface area (Å²) in [4.78, 5) is 34.2. The first-order valence-corrected chi connectivity index (χ1v) is 10.3. The Bertz CT molecular complexity index is 1130. The molecule has 0 bridgehead atoms. The Kier molecular flexibility index (Phi) is 6.43. The van der Waals surface area contributed by atoms with E-state index in [1.165, 1.54) is 6.07 Å². The molecule has 1 unspecified atom stereocenters. The van der Waals surface area contributed by atoms with E-state index >= 15 is 0 Å². The average molecular weight is 463 g/mol. The molecule has 10 heteroatoms. The summed E-state index contributed by atoms with van der Waals surface area (Å²) in [5, 5.41) is 3.81. The molecule has 1 aliphatic rings. The molecular weight excluding hydrogens is 443 g/mol. The number of H-pyrrole nitrogens is 1. The number of hydrogen-bond acceptors (Lipinski definition) is 5. The summed E-state index contributed by atoms with van der Waals surface area (Å²) in [5.74, 6) is 0.0342. The summed E-state index contributed by atoms with van der Waals surface area (Å²) >= 11 is 12.4. The number of fused-ring (bicyclic) bond motifs is 1.